The van der Waals surface area contributed by atoms with Gasteiger partial charge in [0.2, 0.25) is 0 Å². The van der Waals surface area contributed by atoms with E-state index in [0.717, 1.165) is 66.1 Å². The van der Waals surface area contributed by atoms with Crippen molar-refractivity contribution in [3.8, 4) is 22.4 Å². The SMILES string of the molecule is CN1CCN(Cc2ccc(-c3cnc4[nH]cc(-c5cc6ccccc6[nH]5)c4c3)cc2)CC1. The number of aromatic amines is 2. The summed E-state index contributed by atoms with van der Waals surface area (Å²) < 4.78 is 0. The Balaban J connectivity index is 1.28. The van der Waals surface area contributed by atoms with Crippen LogP contribution in [0.1, 0.15) is 5.56 Å². The van der Waals surface area contributed by atoms with Crippen LogP contribution in [0.3, 0.4) is 0 Å². The monoisotopic (exact) mass is 421 g/mol. The number of likely N-dealkylation sites (N-methyl/N-ethyl adjacent to an activating group) is 1. The maximum absolute atomic E-state index is 4.70. The second kappa shape index (κ2) is 7.93. The molecule has 4 heterocycles. The Kier molecular flexibility index (Phi) is 4.78. The van der Waals surface area contributed by atoms with Crippen molar-refractivity contribution in [3.05, 3.63) is 78.6 Å². The molecule has 32 heavy (non-hydrogen) atoms. The second-order valence-corrected chi connectivity index (χ2v) is 8.87. The van der Waals surface area contributed by atoms with Crippen LogP contribution in [0, 0.1) is 0 Å². The van der Waals surface area contributed by atoms with Crippen molar-refractivity contribution >= 4 is 21.9 Å². The minimum Gasteiger partial charge on any atom is -0.354 e. The van der Waals surface area contributed by atoms with Crippen LogP contribution in [0.5, 0.6) is 0 Å². The van der Waals surface area contributed by atoms with Crippen LogP contribution >= 0.6 is 0 Å². The molecule has 5 aromatic rings. The van der Waals surface area contributed by atoms with Gasteiger partial charge in [-0.05, 0) is 36.4 Å². The summed E-state index contributed by atoms with van der Waals surface area (Å²) in [4.78, 5) is 16.5. The van der Waals surface area contributed by atoms with Crippen molar-refractivity contribution in [2.45, 2.75) is 6.54 Å². The number of fused-ring (bicyclic) bond motifs is 2. The second-order valence-electron chi connectivity index (χ2n) is 8.87. The zero-order valence-electron chi connectivity index (χ0n) is 18.3. The Bertz CT molecular complexity index is 1340. The summed E-state index contributed by atoms with van der Waals surface area (Å²) in [5.41, 5.74) is 8.03. The molecular formula is C27H27N5. The first-order chi connectivity index (χ1) is 15.7. The highest BCUT2D eigenvalue weighted by Gasteiger charge is 2.14. The predicted molar refractivity (Wildman–Crippen MR) is 132 cm³/mol. The molecule has 0 amide bonds. The van der Waals surface area contributed by atoms with Crippen LogP contribution in [0.2, 0.25) is 0 Å². The standard InChI is InChI=1S/C27H27N5/c1-31-10-12-32(13-11-31)18-19-6-8-20(9-7-19)22-14-23-24(17-29-27(23)28-16-22)26-15-21-4-2-3-5-25(21)30-26/h2-9,14-17,30H,10-13,18H2,1H3,(H,28,29). The van der Waals surface area contributed by atoms with Gasteiger partial charge in [0.05, 0.1) is 0 Å². The number of pyridine rings is 1. The molecule has 0 atom stereocenters. The number of para-hydroxylation sites is 1. The number of nitrogens with zero attached hydrogens (tertiary/aromatic N) is 3. The molecule has 3 aromatic heterocycles. The lowest BCUT2D eigenvalue weighted by Gasteiger charge is -2.32. The van der Waals surface area contributed by atoms with Gasteiger partial charge in [-0.1, -0.05) is 42.5 Å². The maximum atomic E-state index is 4.70. The lowest BCUT2D eigenvalue weighted by molar-refractivity contribution is 0.148. The number of hydrogen-bond acceptors (Lipinski definition) is 3. The summed E-state index contributed by atoms with van der Waals surface area (Å²) >= 11 is 0. The van der Waals surface area contributed by atoms with E-state index in [1.165, 1.54) is 16.5 Å². The van der Waals surface area contributed by atoms with Gasteiger partial charge in [-0.2, -0.15) is 0 Å². The average molecular weight is 422 g/mol. The molecule has 1 saturated heterocycles. The van der Waals surface area contributed by atoms with Gasteiger partial charge in [-0.3, -0.25) is 4.90 Å². The summed E-state index contributed by atoms with van der Waals surface area (Å²) in [5.74, 6) is 0. The number of piperazine rings is 1. The zero-order chi connectivity index (χ0) is 21.5. The Hall–Kier alpha value is -3.41. The van der Waals surface area contributed by atoms with Gasteiger partial charge in [-0.25, -0.2) is 4.98 Å². The first-order valence-electron chi connectivity index (χ1n) is 11.3. The van der Waals surface area contributed by atoms with E-state index in [-0.39, 0.29) is 0 Å². The quantitative estimate of drug-likeness (QED) is 0.423. The Morgan fingerprint density at radius 2 is 1.72 bits per heavy atom. The molecule has 0 unspecified atom stereocenters. The first kappa shape index (κ1) is 19.3. The largest absolute Gasteiger partial charge is 0.354 e. The van der Waals surface area contributed by atoms with E-state index in [9.17, 15) is 0 Å². The Labute approximate surface area is 187 Å². The fraction of sp³-hybridized carbons (Fsp3) is 0.222. The van der Waals surface area contributed by atoms with Crippen molar-refractivity contribution in [2.24, 2.45) is 0 Å². The normalized spacial score (nSPS) is 15.7. The third-order valence-electron chi connectivity index (χ3n) is 6.64. The summed E-state index contributed by atoms with van der Waals surface area (Å²) in [5, 5.41) is 2.35. The molecule has 5 heteroatoms. The van der Waals surface area contributed by atoms with Crippen molar-refractivity contribution in [1.82, 2.24) is 24.8 Å². The Morgan fingerprint density at radius 1 is 0.906 bits per heavy atom. The molecule has 1 aliphatic heterocycles. The van der Waals surface area contributed by atoms with Crippen molar-refractivity contribution in [3.63, 3.8) is 0 Å². The smallest absolute Gasteiger partial charge is 0.137 e. The molecule has 0 radical (unpaired) electrons. The van der Waals surface area contributed by atoms with Crippen LogP contribution < -0.4 is 0 Å². The van der Waals surface area contributed by atoms with Gasteiger partial charge in [-0.15, -0.1) is 0 Å². The van der Waals surface area contributed by atoms with Gasteiger partial charge in [0.1, 0.15) is 5.65 Å². The highest BCUT2D eigenvalue weighted by atomic mass is 15.2. The van der Waals surface area contributed by atoms with Gasteiger partial charge in [0.15, 0.2) is 0 Å². The topological polar surface area (TPSA) is 50.9 Å². The molecule has 1 aliphatic rings. The van der Waals surface area contributed by atoms with Gasteiger partial charge >= 0.3 is 0 Å². The molecule has 0 saturated carbocycles. The molecule has 160 valence electrons. The lowest BCUT2D eigenvalue weighted by Crippen LogP contribution is -2.43. The summed E-state index contributed by atoms with van der Waals surface area (Å²) in [6.07, 6.45) is 4.01. The molecule has 2 N–H and O–H groups in total. The van der Waals surface area contributed by atoms with Crippen LogP contribution in [0.4, 0.5) is 0 Å². The van der Waals surface area contributed by atoms with E-state index in [1.54, 1.807) is 0 Å². The van der Waals surface area contributed by atoms with Gasteiger partial charge < -0.3 is 14.9 Å². The number of hydrogen-bond donors (Lipinski definition) is 2. The molecular weight excluding hydrogens is 394 g/mol. The maximum Gasteiger partial charge on any atom is 0.137 e. The summed E-state index contributed by atoms with van der Waals surface area (Å²) in [7, 11) is 2.20. The average Bonchev–Trinajstić information content (AvgIpc) is 3.44. The third-order valence-corrected chi connectivity index (χ3v) is 6.64. The number of nitrogens with one attached hydrogen (secondary N) is 2. The van der Waals surface area contributed by atoms with Gasteiger partial charge in [0.25, 0.3) is 0 Å². The zero-order valence-corrected chi connectivity index (χ0v) is 18.3. The number of benzene rings is 2. The van der Waals surface area contributed by atoms with E-state index < -0.39 is 0 Å². The molecule has 0 aliphatic carbocycles. The number of aromatic nitrogens is 3. The van der Waals surface area contributed by atoms with Crippen LogP contribution in [-0.2, 0) is 6.54 Å². The Morgan fingerprint density at radius 3 is 2.53 bits per heavy atom. The fourth-order valence-electron chi connectivity index (χ4n) is 4.67. The third kappa shape index (κ3) is 3.60. The number of H-pyrrole nitrogens is 2. The van der Waals surface area contributed by atoms with Crippen LogP contribution in [0.15, 0.2) is 73.1 Å². The van der Waals surface area contributed by atoms with E-state index in [2.05, 4.69) is 87.5 Å². The minimum absolute atomic E-state index is 0.911. The van der Waals surface area contributed by atoms with Crippen LogP contribution in [-0.4, -0.2) is 58.0 Å². The van der Waals surface area contributed by atoms with Crippen molar-refractivity contribution in [1.29, 1.82) is 0 Å². The molecule has 2 aromatic carbocycles. The van der Waals surface area contributed by atoms with E-state index in [1.807, 2.05) is 12.4 Å². The molecule has 0 bridgehead atoms. The van der Waals surface area contributed by atoms with E-state index in [4.69, 9.17) is 4.98 Å². The molecule has 6 rings (SSSR count). The van der Waals surface area contributed by atoms with Crippen molar-refractivity contribution in [2.75, 3.05) is 33.2 Å². The molecule has 1 fully saturated rings. The fourth-order valence-corrected chi connectivity index (χ4v) is 4.67. The predicted octanol–water partition coefficient (Wildman–Crippen LogP) is 5.13. The van der Waals surface area contributed by atoms with Crippen LogP contribution in [0.25, 0.3) is 44.3 Å². The summed E-state index contributed by atoms with van der Waals surface area (Å²) in [6, 6.07) is 21.8. The number of rotatable bonds is 4. The highest BCUT2D eigenvalue weighted by Crippen LogP contribution is 2.32. The highest BCUT2D eigenvalue weighted by molar-refractivity contribution is 5.98. The molecule has 0 spiro atoms. The molecule has 5 nitrogen and oxygen atoms in total. The first-order valence-corrected chi connectivity index (χ1v) is 11.3. The minimum atomic E-state index is 0.911. The van der Waals surface area contributed by atoms with Gasteiger partial charge in [0, 0.05) is 78.2 Å². The summed E-state index contributed by atoms with van der Waals surface area (Å²) in [6.45, 7) is 5.61. The van der Waals surface area contributed by atoms with Crippen molar-refractivity contribution < 1.29 is 0 Å². The van der Waals surface area contributed by atoms with E-state index in [0.29, 0.717) is 0 Å². The lowest BCUT2D eigenvalue weighted by atomic mass is 10.0. The van der Waals surface area contributed by atoms with E-state index >= 15 is 0 Å².